The quantitative estimate of drug-likeness (QED) is 0.190. The summed E-state index contributed by atoms with van der Waals surface area (Å²) in [6, 6.07) is 26.4. The number of piperidine rings is 1. The smallest absolute Gasteiger partial charge is 0.324 e. The van der Waals surface area contributed by atoms with Crippen LogP contribution in [0.25, 0.3) is 16.6 Å². The molecule has 1 aliphatic rings. The number of amides is 3. The van der Waals surface area contributed by atoms with Gasteiger partial charge >= 0.3 is 6.03 Å². The molecule has 9 heteroatoms. The van der Waals surface area contributed by atoms with E-state index in [1.54, 1.807) is 4.68 Å². The second-order valence-corrected chi connectivity index (χ2v) is 13.2. The highest BCUT2D eigenvalue weighted by Crippen LogP contribution is 2.28. The van der Waals surface area contributed by atoms with Crippen molar-refractivity contribution < 1.29 is 9.59 Å². The van der Waals surface area contributed by atoms with Crippen molar-refractivity contribution in [1.29, 1.82) is 0 Å². The Kier molecular flexibility index (Phi) is 8.49. The predicted octanol–water partition coefficient (Wildman–Crippen LogP) is 7.06. The molecule has 5 aromatic rings. The van der Waals surface area contributed by atoms with Crippen molar-refractivity contribution in [2.24, 2.45) is 5.92 Å². The van der Waals surface area contributed by atoms with Gasteiger partial charge in [0.05, 0.1) is 16.9 Å². The monoisotopic (exact) mass is 616 g/mol. The van der Waals surface area contributed by atoms with Crippen molar-refractivity contribution in [1.82, 2.24) is 19.7 Å². The maximum absolute atomic E-state index is 13.4. The number of nitrogens with one attached hydrogen (secondary N) is 3. The maximum atomic E-state index is 13.4. The van der Waals surface area contributed by atoms with Gasteiger partial charge in [0.25, 0.3) is 5.91 Å². The van der Waals surface area contributed by atoms with Gasteiger partial charge in [-0.1, -0.05) is 68.8 Å². The van der Waals surface area contributed by atoms with Crippen LogP contribution >= 0.6 is 0 Å². The number of anilines is 2. The molecule has 0 saturated carbocycles. The topological polar surface area (TPSA) is 112 Å². The van der Waals surface area contributed by atoms with Crippen LogP contribution in [0.5, 0.6) is 0 Å². The van der Waals surface area contributed by atoms with Crippen molar-refractivity contribution in [3.63, 3.8) is 0 Å². The molecule has 3 aromatic carbocycles. The summed E-state index contributed by atoms with van der Waals surface area (Å²) >= 11 is 0. The fraction of sp³-hybridized carbons (Fsp3) is 0.297. The molecule has 46 heavy (non-hydrogen) atoms. The summed E-state index contributed by atoms with van der Waals surface area (Å²) in [4.78, 5) is 43.4. The first kappa shape index (κ1) is 30.8. The van der Waals surface area contributed by atoms with Gasteiger partial charge in [0.2, 0.25) is 5.56 Å². The Morgan fingerprint density at radius 3 is 2.39 bits per heavy atom. The number of likely N-dealkylation sites (tertiary alicyclic amines) is 1. The largest absolute Gasteiger partial charge is 0.339 e. The van der Waals surface area contributed by atoms with Gasteiger partial charge in [-0.15, -0.1) is 0 Å². The Bertz CT molecular complexity index is 1940. The Labute approximate surface area is 268 Å². The van der Waals surface area contributed by atoms with Crippen LogP contribution in [0.1, 0.15) is 60.8 Å². The summed E-state index contributed by atoms with van der Waals surface area (Å²) in [6.45, 7) is 9.60. The summed E-state index contributed by atoms with van der Waals surface area (Å²) < 4.78 is 1.77. The normalized spacial score (nSPS) is 14.0. The van der Waals surface area contributed by atoms with E-state index < -0.39 is 0 Å². The standard InChI is InChI=1S/C37H40N6O3/c1-24-12-14-28(15-13-24)43-33(23-32(41-43)37(2,3)4)40-36(46)38-27-9-7-8-26(21-27)20-25-16-18-42(19-17-25)35(45)30-22-34(44)39-31-11-6-5-10-29(30)31/h5-15,21-23,25H,16-20H2,1-4H3,(H,39,44)(H2,38,40,46). The number of aromatic nitrogens is 3. The molecule has 0 spiro atoms. The van der Waals surface area contributed by atoms with E-state index in [1.807, 2.05) is 84.6 Å². The molecule has 3 N–H and O–H groups in total. The lowest BCUT2D eigenvalue weighted by molar-refractivity contribution is 0.0692. The van der Waals surface area contributed by atoms with Crippen molar-refractivity contribution >= 4 is 34.3 Å². The number of carbonyl (C=O) groups is 2. The summed E-state index contributed by atoms with van der Waals surface area (Å²) in [5.41, 5.74) is 5.40. The SMILES string of the molecule is Cc1ccc(-n2nc(C(C)(C)C)cc2NC(=O)Nc2cccc(CC3CCN(C(=O)c4cc(=O)[nH]c5ccccc45)CC3)c2)cc1. The number of urea groups is 1. The van der Waals surface area contributed by atoms with Crippen LogP contribution in [0.15, 0.2) is 89.7 Å². The lowest BCUT2D eigenvalue weighted by Gasteiger charge is -2.32. The van der Waals surface area contributed by atoms with Crippen molar-refractivity contribution in [3.8, 4) is 5.69 Å². The van der Waals surface area contributed by atoms with Crippen molar-refractivity contribution in [2.45, 2.75) is 52.4 Å². The third-order valence-corrected chi connectivity index (χ3v) is 8.59. The maximum Gasteiger partial charge on any atom is 0.324 e. The molecule has 1 fully saturated rings. The zero-order valence-corrected chi connectivity index (χ0v) is 26.8. The van der Waals surface area contributed by atoms with Gasteiger partial charge in [0, 0.05) is 47.2 Å². The highest BCUT2D eigenvalue weighted by atomic mass is 16.2. The zero-order valence-electron chi connectivity index (χ0n) is 26.8. The molecule has 0 aliphatic carbocycles. The number of hydrogen-bond donors (Lipinski definition) is 3. The van der Waals surface area contributed by atoms with Crippen LogP contribution in [-0.4, -0.2) is 44.7 Å². The van der Waals surface area contributed by atoms with E-state index >= 15 is 0 Å². The molecule has 3 heterocycles. The van der Waals surface area contributed by atoms with Gasteiger partial charge in [0.15, 0.2) is 0 Å². The first-order chi connectivity index (χ1) is 22.0. The molecular formula is C37H40N6O3. The van der Waals surface area contributed by atoms with E-state index in [0.29, 0.717) is 41.6 Å². The Morgan fingerprint density at radius 1 is 0.913 bits per heavy atom. The molecule has 3 amide bonds. The molecule has 236 valence electrons. The molecule has 0 bridgehead atoms. The number of nitrogens with zero attached hydrogens (tertiary/aromatic N) is 3. The number of benzene rings is 3. The van der Waals surface area contributed by atoms with Crippen LogP contribution in [0.2, 0.25) is 0 Å². The summed E-state index contributed by atoms with van der Waals surface area (Å²) in [5.74, 6) is 0.900. The van der Waals surface area contributed by atoms with Crippen molar-refractivity contribution in [3.05, 3.63) is 118 Å². The minimum absolute atomic E-state index is 0.101. The lowest BCUT2D eigenvalue weighted by atomic mass is 9.89. The van der Waals surface area contributed by atoms with Gasteiger partial charge in [-0.3, -0.25) is 14.9 Å². The molecular weight excluding hydrogens is 576 g/mol. The third kappa shape index (κ3) is 6.88. The predicted molar refractivity (Wildman–Crippen MR) is 183 cm³/mol. The number of rotatable bonds is 6. The number of carbonyl (C=O) groups excluding carboxylic acids is 2. The highest BCUT2D eigenvalue weighted by molar-refractivity contribution is 6.06. The summed E-state index contributed by atoms with van der Waals surface area (Å²) in [5, 5.41) is 11.6. The van der Waals surface area contributed by atoms with Gasteiger partial charge in [0.1, 0.15) is 5.82 Å². The number of pyridine rings is 1. The van der Waals surface area contributed by atoms with Crippen LogP contribution in [0.4, 0.5) is 16.3 Å². The van der Waals surface area contributed by atoms with Gasteiger partial charge in [-0.05, 0) is 68.0 Å². The van der Waals surface area contributed by atoms with E-state index in [1.165, 1.54) is 6.07 Å². The van der Waals surface area contributed by atoms with Crippen LogP contribution in [-0.2, 0) is 11.8 Å². The molecule has 0 unspecified atom stereocenters. The van der Waals surface area contributed by atoms with Crippen LogP contribution in [0, 0.1) is 12.8 Å². The number of hydrogen-bond acceptors (Lipinski definition) is 4. The zero-order chi connectivity index (χ0) is 32.4. The molecule has 0 atom stereocenters. The van der Waals surface area contributed by atoms with Crippen LogP contribution < -0.4 is 16.2 Å². The Morgan fingerprint density at radius 2 is 1.65 bits per heavy atom. The number of H-pyrrole nitrogens is 1. The summed E-state index contributed by atoms with van der Waals surface area (Å²) in [7, 11) is 0. The van der Waals surface area contributed by atoms with E-state index in [9.17, 15) is 14.4 Å². The fourth-order valence-corrected chi connectivity index (χ4v) is 6.00. The second kappa shape index (κ2) is 12.7. The molecule has 6 rings (SSSR count). The van der Waals surface area contributed by atoms with Gasteiger partial charge in [-0.2, -0.15) is 5.10 Å². The number of fused-ring (bicyclic) bond motifs is 1. The average Bonchev–Trinajstić information content (AvgIpc) is 3.45. The fourth-order valence-electron chi connectivity index (χ4n) is 6.00. The van der Waals surface area contributed by atoms with E-state index in [4.69, 9.17) is 5.10 Å². The molecule has 2 aromatic heterocycles. The van der Waals surface area contributed by atoms with Gasteiger partial charge < -0.3 is 15.2 Å². The molecule has 0 radical (unpaired) electrons. The highest BCUT2D eigenvalue weighted by Gasteiger charge is 2.26. The molecule has 1 aliphatic heterocycles. The van der Waals surface area contributed by atoms with Crippen molar-refractivity contribution in [2.75, 3.05) is 23.7 Å². The van der Waals surface area contributed by atoms with E-state index in [2.05, 4.69) is 42.5 Å². The Hall–Kier alpha value is -5.18. The first-order valence-electron chi connectivity index (χ1n) is 15.8. The Balaban J connectivity index is 1.08. The lowest BCUT2D eigenvalue weighted by Crippen LogP contribution is -2.39. The number of aromatic amines is 1. The number of para-hydroxylation sites is 1. The third-order valence-electron chi connectivity index (χ3n) is 8.59. The second-order valence-electron chi connectivity index (χ2n) is 13.2. The minimum atomic E-state index is -0.343. The van der Waals surface area contributed by atoms with Crippen LogP contribution in [0.3, 0.4) is 0 Å². The van der Waals surface area contributed by atoms with E-state index in [0.717, 1.165) is 47.2 Å². The molecule has 9 nitrogen and oxygen atoms in total. The van der Waals surface area contributed by atoms with Gasteiger partial charge in [-0.25, -0.2) is 9.48 Å². The summed E-state index contributed by atoms with van der Waals surface area (Å²) in [6.07, 6.45) is 2.58. The first-order valence-corrected chi connectivity index (χ1v) is 15.8. The van der Waals surface area contributed by atoms with E-state index in [-0.39, 0.29) is 22.9 Å². The number of aryl methyl sites for hydroxylation is 1. The average molecular weight is 617 g/mol. The minimum Gasteiger partial charge on any atom is -0.339 e. The molecule has 1 saturated heterocycles.